The first kappa shape index (κ1) is 28.9. The number of fused-ring (bicyclic) bond motifs is 1. The van der Waals surface area contributed by atoms with Gasteiger partial charge in [0.05, 0.1) is 23.8 Å². The Morgan fingerprint density at radius 3 is 2.33 bits per heavy atom. The van der Waals surface area contributed by atoms with Crippen molar-refractivity contribution in [1.82, 2.24) is 9.55 Å². The van der Waals surface area contributed by atoms with Crippen molar-refractivity contribution in [2.45, 2.75) is 19.8 Å². The summed E-state index contributed by atoms with van der Waals surface area (Å²) >= 11 is 0. The molecule has 43 heavy (non-hydrogen) atoms. The monoisotopic (exact) mass is 572 g/mol. The number of nitrogens with one attached hydrogen (secondary N) is 2. The number of hydrogen-bond acceptors (Lipinski definition) is 7. The molecule has 0 fully saturated rings. The number of hydrogen-bond donors (Lipinski definition) is 2. The van der Waals surface area contributed by atoms with Crippen molar-refractivity contribution in [3.8, 4) is 11.4 Å². The molecule has 1 atom stereocenters. The Hall–Kier alpha value is -5.63. The van der Waals surface area contributed by atoms with Gasteiger partial charge in [-0.3, -0.25) is 0 Å². The van der Waals surface area contributed by atoms with Crippen molar-refractivity contribution in [3.05, 3.63) is 155 Å². The minimum atomic E-state index is -0.580. The van der Waals surface area contributed by atoms with E-state index in [4.69, 9.17) is 9.47 Å². The SMILES string of the molecule is C=C/C=C(\C=C)Oc1ccc(Nc2nc(=O)n(-c3ccccc3)c3c2C(c2ccccc2)C(C(=O)OCC)=C(C)N3)cc1. The van der Waals surface area contributed by atoms with E-state index in [1.165, 1.54) is 4.57 Å². The lowest BCUT2D eigenvalue weighted by molar-refractivity contribution is -0.138. The number of esters is 1. The van der Waals surface area contributed by atoms with Crippen molar-refractivity contribution in [1.29, 1.82) is 0 Å². The summed E-state index contributed by atoms with van der Waals surface area (Å²) in [6, 6.07) is 26.2. The number of anilines is 3. The highest BCUT2D eigenvalue weighted by atomic mass is 16.5. The first-order valence-corrected chi connectivity index (χ1v) is 13.9. The molecule has 1 aromatic heterocycles. The van der Waals surface area contributed by atoms with Crippen LogP contribution >= 0.6 is 0 Å². The molecule has 0 saturated carbocycles. The molecular formula is C35H32N4O4. The summed E-state index contributed by atoms with van der Waals surface area (Å²) < 4.78 is 12.9. The Morgan fingerprint density at radius 1 is 1.02 bits per heavy atom. The molecule has 3 aromatic carbocycles. The Kier molecular flexibility index (Phi) is 8.67. The predicted molar refractivity (Wildman–Crippen MR) is 170 cm³/mol. The van der Waals surface area contributed by atoms with Crippen LogP contribution in [0.5, 0.6) is 5.75 Å². The fraction of sp³-hybridized carbons (Fsp3) is 0.114. The van der Waals surface area contributed by atoms with Gasteiger partial charge in [-0.05, 0) is 68.0 Å². The van der Waals surface area contributed by atoms with Gasteiger partial charge >= 0.3 is 11.7 Å². The smallest absolute Gasteiger partial charge is 0.355 e. The molecule has 8 nitrogen and oxygen atoms in total. The number of para-hydroxylation sites is 1. The van der Waals surface area contributed by atoms with E-state index < -0.39 is 17.6 Å². The van der Waals surface area contributed by atoms with E-state index in [9.17, 15) is 9.59 Å². The number of ether oxygens (including phenoxy) is 2. The first-order chi connectivity index (χ1) is 20.9. The minimum Gasteiger partial charge on any atom is -0.463 e. The number of nitrogens with zero attached hydrogens (tertiary/aromatic N) is 2. The standard InChI is InChI=1S/C35H32N4O4/c1-5-14-27(6-2)43-28-21-19-25(20-22-28)37-32-31-30(24-15-10-8-11-16-24)29(34(40)42-7-3)23(4)36-33(31)39(35(41)38-32)26-17-12-9-13-18-26/h5-6,8-22,30,36H,1-2,7H2,3-4H3,(H,37,38,41)/b27-14+. The molecule has 1 unspecified atom stereocenters. The second-order valence-corrected chi connectivity index (χ2v) is 9.66. The predicted octanol–water partition coefficient (Wildman–Crippen LogP) is 7.01. The number of aromatic nitrogens is 2. The van der Waals surface area contributed by atoms with E-state index in [2.05, 4.69) is 28.8 Å². The van der Waals surface area contributed by atoms with E-state index in [1.54, 1.807) is 37.3 Å². The maximum absolute atomic E-state index is 13.7. The molecule has 0 saturated heterocycles. The van der Waals surface area contributed by atoms with Crippen LogP contribution in [0.1, 0.15) is 30.9 Å². The van der Waals surface area contributed by atoms with Crippen LogP contribution in [-0.4, -0.2) is 22.1 Å². The molecular weight excluding hydrogens is 540 g/mol. The highest BCUT2D eigenvalue weighted by Gasteiger charge is 2.38. The zero-order chi connectivity index (χ0) is 30.3. The Bertz CT molecular complexity index is 1770. The van der Waals surface area contributed by atoms with Crippen molar-refractivity contribution in [2.75, 3.05) is 17.2 Å². The van der Waals surface area contributed by atoms with E-state index in [1.807, 2.05) is 79.7 Å². The molecule has 216 valence electrons. The summed E-state index contributed by atoms with van der Waals surface area (Å²) in [7, 11) is 0. The van der Waals surface area contributed by atoms with Crippen molar-refractivity contribution in [3.63, 3.8) is 0 Å². The van der Waals surface area contributed by atoms with Crippen LogP contribution in [0.4, 0.5) is 17.3 Å². The van der Waals surface area contributed by atoms with Crippen LogP contribution in [-0.2, 0) is 9.53 Å². The van der Waals surface area contributed by atoms with E-state index in [-0.39, 0.29) is 6.61 Å². The third-order valence-electron chi connectivity index (χ3n) is 6.90. The quantitative estimate of drug-likeness (QED) is 0.120. The van der Waals surface area contributed by atoms with E-state index >= 15 is 0 Å². The molecule has 0 amide bonds. The Morgan fingerprint density at radius 2 is 1.70 bits per heavy atom. The van der Waals surface area contributed by atoms with Crippen molar-refractivity contribution < 1.29 is 14.3 Å². The average Bonchev–Trinajstić information content (AvgIpc) is 3.02. The topological polar surface area (TPSA) is 94.5 Å². The van der Waals surface area contributed by atoms with Gasteiger partial charge in [-0.15, -0.1) is 0 Å². The third-order valence-corrected chi connectivity index (χ3v) is 6.90. The third kappa shape index (κ3) is 6.04. The first-order valence-electron chi connectivity index (χ1n) is 13.9. The number of rotatable bonds is 10. The van der Waals surface area contributed by atoms with Gasteiger partial charge in [0.25, 0.3) is 0 Å². The van der Waals surface area contributed by atoms with Gasteiger partial charge in [0.2, 0.25) is 0 Å². The molecule has 5 rings (SSSR count). The lowest BCUT2D eigenvalue weighted by Gasteiger charge is -2.33. The molecule has 2 N–H and O–H groups in total. The van der Waals surface area contributed by atoms with Crippen LogP contribution in [0.2, 0.25) is 0 Å². The largest absolute Gasteiger partial charge is 0.463 e. The van der Waals surface area contributed by atoms with Crippen LogP contribution in [0.15, 0.2) is 138 Å². The van der Waals surface area contributed by atoms with Crippen LogP contribution < -0.4 is 21.1 Å². The summed E-state index contributed by atoms with van der Waals surface area (Å²) in [6.07, 6.45) is 4.93. The summed E-state index contributed by atoms with van der Waals surface area (Å²) in [5, 5.41) is 6.68. The van der Waals surface area contributed by atoms with Gasteiger partial charge < -0.3 is 20.1 Å². The van der Waals surface area contributed by atoms with Gasteiger partial charge in [0, 0.05) is 16.9 Å². The summed E-state index contributed by atoms with van der Waals surface area (Å²) in [5.41, 5.74) is 3.34. The molecule has 8 heteroatoms. The summed E-state index contributed by atoms with van der Waals surface area (Å²) in [4.78, 5) is 31.6. The Labute approximate surface area is 250 Å². The van der Waals surface area contributed by atoms with Crippen LogP contribution in [0, 0.1) is 0 Å². The highest BCUT2D eigenvalue weighted by molar-refractivity contribution is 5.95. The molecule has 0 bridgehead atoms. The normalized spacial score (nSPS) is 14.3. The van der Waals surface area contributed by atoms with Gasteiger partial charge in [0.15, 0.2) is 0 Å². The van der Waals surface area contributed by atoms with Gasteiger partial charge in [-0.2, -0.15) is 4.98 Å². The zero-order valence-corrected chi connectivity index (χ0v) is 24.0. The number of carbonyl (C=O) groups excluding carboxylic acids is 1. The summed E-state index contributed by atoms with van der Waals surface area (Å²) in [6.45, 7) is 11.3. The van der Waals surface area contributed by atoms with Gasteiger partial charge in [0.1, 0.15) is 23.1 Å². The minimum absolute atomic E-state index is 0.223. The zero-order valence-electron chi connectivity index (χ0n) is 24.0. The molecule has 0 spiro atoms. The lowest BCUT2D eigenvalue weighted by atomic mass is 9.81. The second kappa shape index (κ2) is 12.9. The number of carbonyl (C=O) groups is 1. The fourth-order valence-electron chi connectivity index (χ4n) is 5.05. The average molecular weight is 573 g/mol. The fourth-order valence-corrected chi connectivity index (χ4v) is 5.05. The molecule has 1 aliphatic heterocycles. The lowest BCUT2D eigenvalue weighted by Crippen LogP contribution is -2.33. The highest BCUT2D eigenvalue weighted by Crippen LogP contribution is 2.45. The molecule has 0 radical (unpaired) electrons. The number of benzene rings is 3. The number of allylic oxidation sites excluding steroid dienone is 4. The molecule has 0 aliphatic carbocycles. The second-order valence-electron chi connectivity index (χ2n) is 9.66. The molecule has 2 heterocycles. The van der Waals surface area contributed by atoms with Gasteiger partial charge in [-0.1, -0.05) is 67.8 Å². The van der Waals surface area contributed by atoms with Crippen LogP contribution in [0.25, 0.3) is 5.69 Å². The van der Waals surface area contributed by atoms with E-state index in [0.717, 1.165) is 5.56 Å². The van der Waals surface area contributed by atoms with Gasteiger partial charge in [-0.25, -0.2) is 14.2 Å². The van der Waals surface area contributed by atoms with Crippen LogP contribution in [0.3, 0.4) is 0 Å². The Balaban J connectivity index is 1.69. The van der Waals surface area contributed by atoms with E-state index in [0.29, 0.717) is 51.4 Å². The summed E-state index contributed by atoms with van der Waals surface area (Å²) in [5.74, 6) is 0.959. The maximum Gasteiger partial charge on any atom is 0.355 e. The maximum atomic E-state index is 13.7. The van der Waals surface area contributed by atoms with Crippen molar-refractivity contribution >= 4 is 23.3 Å². The molecule has 4 aromatic rings. The van der Waals surface area contributed by atoms with Crippen molar-refractivity contribution in [2.24, 2.45) is 0 Å². The molecule has 1 aliphatic rings.